The van der Waals surface area contributed by atoms with Crippen LogP contribution in [-0.4, -0.2) is 45.3 Å². The summed E-state index contributed by atoms with van der Waals surface area (Å²) in [5.41, 5.74) is 0.930. The Labute approximate surface area is 161 Å². The van der Waals surface area contributed by atoms with Crippen molar-refractivity contribution >= 4 is 11.9 Å². The first-order valence-corrected chi connectivity index (χ1v) is 9.50. The number of hydrogen-bond acceptors (Lipinski definition) is 5. The van der Waals surface area contributed by atoms with Crippen molar-refractivity contribution in [3.63, 3.8) is 0 Å². The van der Waals surface area contributed by atoms with Gasteiger partial charge in [0.25, 0.3) is 0 Å². The number of pyridine rings is 1. The van der Waals surface area contributed by atoms with E-state index in [1.807, 2.05) is 34.6 Å². The fraction of sp³-hybridized carbons (Fsp3) is 0.650. The molecule has 0 unspecified atom stereocenters. The van der Waals surface area contributed by atoms with Gasteiger partial charge in [0.05, 0.1) is 6.61 Å². The normalized spacial score (nSPS) is 19.9. The highest BCUT2D eigenvalue weighted by Gasteiger charge is 2.35. The van der Waals surface area contributed by atoms with E-state index in [4.69, 9.17) is 4.74 Å². The van der Waals surface area contributed by atoms with Gasteiger partial charge < -0.3 is 20.1 Å². The number of nitriles is 1. The van der Waals surface area contributed by atoms with Crippen molar-refractivity contribution in [3.05, 3.63) is 17.2 Å². The van der Waals surface area contributed by atoms with Gasteiger partial charge in [0.1, 0.15) is 17.5 Å². The number of carbonyl (C=O) groups is 1. The van der Waals surface area contributed by atoms with E-state index in [1.165, 1.54) is 0 Å². The molecule has 1 aromatic rings. The van der Waals surface area contributed by atoms with Crippen molar-refractivity contribution in [3.8, 4) is 11.9 Å². The average Bonchev–Trinajstić information content (AvgIpc) is 2.57. The summed E-state index contributed by atoms with van der Waals surface area (Å²) < 4.78 is 5.48. The van der Waals surface area contributed by atoms with Crippen LogP contribution < -0.4 is 10.1 Å². The number of rotatable bonds is 5. The third-order valence-electron chi connectivity index (χ3n) is 4.91. The number of hydrogen-bond donors (Lipinski definition) is 2. The molecule has 1 amide bonds. The molecule has 0 atom stereocenters. The van der Waals surface area contributed by atoms with Crippen LogP contribution in [0.4, 0.5) is 10.6 Å². The van der Waals surface area contributed by atoms with Crippen LogP contribution in [0.5, 0.6) is 5.88 Å². The molecule has 1 heterocycles. The van der Waals surface area contributed by atoms with E-state index in [0.717, 1.165) is 37.1 Å². The zero-order valence-corrected chi connectivity index (χ0v) is 16.9. The van der Waals surface area contributed by atoms with E-state index < -0.39 is 11.6 Å². The quantitative estimate of drug-likeness (QED) is 0.803. The minimum Gasteiger partial charge on any atom is -0.477 e. The molecule has 1 fully saturated rings. The van der Waals surface area contributed by atoms with Crippen LogP contribution in [0.1, 0.15) is 64.5 Å². The smallest absolute Gasteiger partial charge is 0.407 e. The predicted molar refractivity (Wildman–Crippen MR) is 104 cm³/mol. The van der Waals surface area contributed by atoms with Crippen molar-refractivity contribution in [1.82, 2.24) is 9.88 Å². The van der Waals surface area contributed by atoms with Gasteiger partial charge >= 0.3 is 6.09 Å². The van der Waals surface area contributed by atoms with Crippen molar-refractivity contribution in [2.24, 2.45) is 0 Å². The molecule has 0 bridgehead atoms. The van der Waals surface area contributed by atoms with Crippen LogP contribution in [0.25, 0.3) is 0 Å². The van der Waals surface area contributed by atoms with E-state index in [0.29, 0.717) is 18.1 Å². The number of aromatic nitrogens is 1. The van der Waals surface area contributed by atoms with Gasteiger partial charge in [0.2, 0.25) is 5.88 Å². The average molecular weight is 374 g/mol. The maximum absolute atomic E-state index is 11.7. The minimum atomic E-state index is -0.857. The number of nitrogens with zero attached hydrogens (tertiary/aromatic N) is 3. The molecule has 0 saturated heterocycles. The van der Waals surface area contributed by atoms with Crippen LogP contribution in [0, 0.1) is 18.3 Å². The maximum atomic E-state index is 11.7. The van der Waals surface area contributed by atoms with Gasteiger partial charge in [-0.05, 0) is 71.9 Å². The Kier molecular flexibility index (Phi) is 6.53. The van der Waals surface area contributed by atoms with E-state index in [1.54, 1.807) is 11.0 Å². The summed E-state index contributed by atoms with van der Waals surface area (Å²) in [6.07, 6.45) is 2.51. The number of ether oxygens (including phenoxy) is 1. The molecular formula is C20H30N4O3. The Balaban J connectivity index is 2.07. The molecule has 1 aromatic heterocycles. The molecule has 2 rings (SSSR count). The fourth-order valence-electron chi connectivity index (χ4n) is 3.73. The standard InChI is InChI=1S/C20H30N4O3/c1-6-27-18-14(12-21)11-13(2)17(23-18)22-15-7-9-16(10-8-15)24(19(25)26)20(3,4)5/h11,15-16H,6-10H2,1-5H3,(H,22,23)(H,25,26). The molecule has 0 spiro atoms. The number of anilines is 1. The zero-order chi connectivity index (χ0) is 20.2. The lowest BCUT2D eigenvalue weighted by Crippen LogP contribution is -2.52. The second-order valence-corrected chi connectivity index (χ2v) is 8.02. The van der Waals surface area contributed by atoms with Crippen LogP contribution in [-0.2, 0) is 0 Å². The lowest BCUT2D eigenvalue weighted by molar-refractivity contribution is 0.0556. The predicted octanol–water partition coefficient (Wildman–Crippen LogP) is 4.16. The minimum absolute atomic E-state index is 0.0366. The number of nitrogens with one attached hydrogen (secondary N) is 1. The van der Waals surface area contributed by atoms with E-state index >= 15 is 0 Å². The van der Waals surface area contributed by atoms with E-state index in [9.17, 15) is 15.2 Å². The van der Waals surface area contributed by atoms with Gasteiger partial charge in [0.15, 0.2) is 0 Å². The summed E-state index contributed by atoms with van der Waals surface area (Å²) in [7, 11) is 0. The first kappa shape index (κ1) is 20.8. The summed E-state index contributed by atoms with van der Waals surface area (Å²) in [5.74, 6) is 1.08. The summed E-state index contributed by atoms with van der Waals surface area (Å²) in [6, 6.07) is 4.17. The maximum Gasteiger partial charge on any atom is 0.407 e. The van der Waals surface area contributed by atoms with Gasteiger partial charge in [-0.15, -0.1) is 0 Å². The SMILES string of the molecule is CCOc1nc(NC2CCC(N(C(=O)O)C(C)(C)C)CC2)c(C)cc1C#N. The van der Waals surface area contributed by atoms with Crippen molar-refractivity contribution in [2.45, 2.75) is 77.9 Å². The van der Waals surface area contributed by atoms with Crippen LogP contribution in [0.3, 0.4) is 0 Å². The third kappa shape index (κ3) is 5.03. The molecule has 1 aliphatic carbocycles. The molecule has 0 aromatic carbocycles. The lowest BCUT2D eigenvalue weighted by Gasteiger charge is -2.42. The molecule has 1 saturated carbocycles. The molecule has 2 N–H and O–H groups in total. The second kappa shape index (κ2) is 8.47. The highest BCUT2D eigenvalue weighted by atomic mass is 16.5. The molecule has 7 nitrogen and oxygen atoms in total. The molecule has 148 valence electrons. The number of carboxylic acid groups (broad SMARTS) is 1. The van der Waals surface area contributed by atoms with Gasteiger partial charge in [-0.3, -0.25) is 0 Å². The Morgan fingerprint density at radius 1 is 1.41 bits per heavy atom. The van der Waals surface area contributed by atoms with Crippen LogP contribution >= 0.6 is 0 Å². The molecule has 0 radical (unpaired) electrons. The van der Waals surface area contributed by atoms with Crippen LogP contribution in [0.15, 0.2) is 6.07 Å². The first-order chi connectivity index (χ1) is 12.7. The summed E-state index contributed by atoms with van der Waals surface area (Å²) in [6.45, 7) is 10.0. The van der Waals surface area contributed by atoms with E-state index in [2.05, 4.69) is 16.4 Å². The van der Waals surface area contributed by atoms with Crippen molar-refractivity contribution in [2.75, 3.05) is 11.9 Å². The molecule has 1 aliphatic rings. The van der Waals surface area contributed by atoms with Gasteiger partial charge in [0, 0.05) is 17.6 Å². The largest absolute Gasteiger partial charge is 0.477 e. The molecule has 7 heteroatoms. The second-order valence-electron chi connectivity index (χ2n) is 8.02. The van der Waals surface area contributed by atoms with Gasteiger partial charge in [-0.1, -0.05) is 0 Å². The van der Waals surface area contributed by atoms with E-state index in [-0.39, 0.29) is 12.1 Å². The molecular weight excluding hydrogens is 344 g/mol. The van der Waals surface area contributed by atoms with Gasteiger partial charge in [-0.2, -0.15) is 10.2 Å². The Morgan fingerprint density at radius 2 is 2.04 bits per heavy atom. The highest BCUT2D eigenvalue weighted by Crippen LogP contribution is 2.31. The van der Waals surface area contributed by atoms with Crippen molar-refractivity contribution < 1.29 is 14.6 Å². The number of amides is 1. The van der Waals surface area contributed by atoms with Crippen molar-refractivity contribution in [1.29, 1.82) is 5.26 Å². The fourth-order valence-corrected chi connectivity index (χ4v) is 3.73. The summed E-state index contributed by atoms with van der Waals surface area (Å²) in [5, 5.41) is 22.3. The first-order valence-electron chi connectivity index (χ1n) is 9.50. The molecule has 0 aliphatic heterocycles. The Bertz CT molecular complexity index is 713. The monoisotopic (exact) mass is 374 g/mol. The summed E-state index contributed by atoms with van der Waals surface area (Å²) in [4.78, 5) is 17.8. The Hall–Kier alpha value is -2.49. The van der Waals surface area contributed by atoms with Gasteiger partial charge in [-0.25, -0.2) is 4.79 Å². The zero-order valence-electron chi connectivity index (χ0n) is 16.9. The number of aryl methyl sites for hydroxylation is 1. The highest BCUT2D eigenvalue weighted by molar-refractivity contribution is 5.66. The molecule has 27 heavy (non-hydrogen) atoms. The topological polar surface area (TPSA) is 98.5 Å². The lowest BCUT2D eigenvalue weighted by atomic mass is 9.88. The third-order valence-corrected chi connectivity index (χ3v) is 4.91. The van der Waals surface area contributed by atoms with Crippen LogP contribution in [0.2, 0.25) is 0 Å². The Morgan fingerprint density at radius 3 is 2.52 bits per heavy atom. The summed E-state index contributed by atoms with van der Waals surface area (Å²) >= 11 is 0.